The summed E-state index contributed by atoms with van der Waals surface area (Å²) in [5.41, 5.74) is 2.51. The topological polar surface area (TPSA) is 73.8 Å². The van der Waals surface area contributed by atoms with Crippen molar-refractivity contribution in [1.29, 1.82) is 0 Å². The molecule has 1 saturated carbocycles. The zero-order valence-electron chi connectivity index (χ0n) is 19.0. The first-order valence-corrected chi connectivity index (χ1v) is 11.4. The highest BCUT2D eigenvalue weighted by atomic mass is 16.2. The Hall–Kier alpha value is -2.63. The summed E-state index contributed by atoms with van der Waals surface area (Å²) >= 11 is 0. The number of allylic oxidation sites excluding steroid dienone is 2. The van der Waals surface area contributed by atoms with Gasteiger partial charge in [0, 0.05) is 32.1 Å². The minimum absolute atomic E-state index is 0.0364. The third-order valence-electron chi connectivity index (χ3n) is 7.13. The molecule has 3 aliphatic rings. The number of benzene rings is 1. The number of aryl methyl sites for hydroxylation is 1. The van der Waals surface area contributed by atoms with Crippen LogP contribution in [0.25, 0.3) is 0 Å². The van der Waals surface area contributed by atoms with E-state index >= 15 is 0 Å². The van der Waals surface area contributed by atoms with E-state index in [2.05, 4.69) is 72.8 Å². The van der Waals surface area contributed by atoms with Crippen LogP contribution < -0.4 is 10.6 Å². The van der Waals surface area contributed by atoms with Crippen molar-refractivity contribution in [3.63, 3.8) is 0 Å². The maximum absolute atomic E-state index is 12.8. The molecule has 1 aliphatic heterocycles. The molecule has 4 rings (SSSR count). The number of amides is 2. The normalized spacial score (nSPS) is 27.2. The minimum Gasteiger partial charge on any atom is -0.356 e. The molecule has 4 unspecified atom stereocenters. The summed E-state index contributed by atoms with van der Waals surface area (Å²) in [6.07, 6.45) is 5.96. The van der Waals surface area contributed by atoms with Gasteiger partial charge in [0.05, 0.1) is 11.8 Å². The second kappa shape index (κ2) is 8.48. The summed E-state index contributed by atoms with van der Waals surface area (Å²) in [6, 6.07) is 8.58. The predicted molar refractivity (Wildman–Crippen MR) is 123 cm³/mol. The summed E-state index contributed by atoms with van der Waals surface area (Å²) in [7, 11) is 1.76. The largest absolute Gasteiger partial charge is 0.356 e. The third kappa shape index (κ3) is 4.12. The Labute approximate surface area is 185 Å². The molecule has 2 N–H and O–H groups in total. The Kier molecular flexibility index (Phi) is 5.91. The van der Waals surface area contributed by atoms with E-state index in [4.69, 9.17) is 0 Å². The van der Waals surface area contributed by atoms with E-state index < -0.39 is 0 Å². The number of imide groups is 1. The van der Waals surface area contributed by atoms with Crippen molar-refractivity contribution >= 4 is 17.8 Å². The van der Waals surface area contributed by atoms with Crippen LogP contribution in [0.2, 0.25) is 0 Å². The van der Waals surface area contributed by atoms with Gasteiger partial charge in [-0.2, -0.15) is 0 Å². The average Bonchev–Trinajstić information content (AvgIpc) is 3.42. The van der Waals surface area contributed by atoms with Crippen molar-refractivity contribution in [3.05, 3.63) is 47.5 Å². The lowest BCUT2D eigenvalue weighted by atomic mass is 9.84. The summed E-state index contributed by atoms with van der Waals surface area (Å²) in [6.45, 7) is 8.41. The summed E-state index contributed by atoms with van der Waals surface area (Å²) in [4.78, 5) is 31.3. The fraction of sp³-hybridized carbons (Fsp3) is 0.560. The van der Waals surface area contributed by atoms with Crippen LogP contribution in [0.15, 0.2) is 41.4 Å². The molecule has 6 nitrogen and oxygen atoms in total. The number of aliphatic imine (C=N–C) groups is 1. The van der Waals surface area contributed by atoms with Crippen molar-refractivity contribution in [2.24, 2.45) is 28.7 Å². The molecule has 1 heterocycles. The molecule has 1 saturated heterocycles. The van der Waals surface area contributed by atoms with Gasteiger partial charge in [0.2, 0.25) is 11.8 Å². The molecule has 0 aromatic heterocycles. The number of nitrogens with zero attached hydrogens (tertiary/aromatic N) is 2. The number of likely N-dealkylation sites (tertiary alicyclic amines) is 1. The molecule has 2 bridgehead atoms. The van der Waals surface area contributed by atoms with Gasteiger partial charge in [0.15, 0.2) is 5.96 Å². The second-order valence-electron chi connectivity index (χ2n) is 9.79. The fourth-order valence-corrected chi connectivity index (χ4v) is 5.32. The third-order valence-corrected chi connectivity index (χ3v) is 7.13. The van der Waals surface area contributed by atoms with Crippen molar-refractivity contribution in [3.8, 4) is 0 Å². The van der Waals surface area contributed by atoms with Crippen LogP contribution in [0.5, 0.6) is 0 Å². The van der Waals surface area contributed by atoms with E-state index in [0.29, 0.717) is 19.5 Å². The molecule has 166 valence electrons. The average molecular weight is 423 g/mol. The lowest BCUT2D eigenvalue weighted by Gasteiger charge is -2.27. The molecule has 2 amide bonds. The van der Waals surface area contributed by atoms with E-state index in [1.165, 1.54) is 16.0 Å². The summed E-state index contributed by atoms with van der Waals surface area (Å²) < 4.78 is 0. The fourth-order valence-electron chi connectivity index (χ4n) is 5.32. The van der Waals surface area contributed by atoms with E-state index in [9.17, 15) is 9.59 Å². The lowest BCUT2D eigenvalue weighted by molar-refractivity contribution is -0.140. The number of fused-ring (bicyclic) bond motifs is 5. The molecule has 1 aromatic rings. The van der Waals surface area contributed by atoms with Crippen LogP contribution >= 0.6 is 0 Å². The molecule has 2 fully saturated rings. The van der Waals surface area contributed by atoms with Gasteiger partial charge in [0.25, 0.3) is 0 Å². The smallest absolute Gasteiger partial charge is 0.233 e. The summed E-state index contributed by atoms with van der Waals surface area (Å²) in [5.74, 6) is 1.15. The Morgan fingerprint density at radius 2 is 1.81 bits per heavy atom. The van der Waals surface area contributed by atoms with Gasteiger partial charge in [-0.05, 0) is 37.2 Å². The van der Waals surface area contributed by atoms with Crippen molar-refractivity contribution in [2.75, 3.05) is 26.7 Å². The zero-order valence-corrected chi connectivity index (χ0v) is 19.0. The number of rotatable bonds is 7. The van der Waals surface area contributed by atoms with E-state index in [0.717, 1.165) is 18.9 Å². The first-order chi connectivity index (χ1) is 14.8. The van der Waals surface area contributed by atoms with Crippen LogP contribution in [0.3, 0.4) is 0 Å². The molecule has 2 aliphatic carbocycles. The Morgan fingerprint density at radius 3 is 2.42 bits per heavy atom. The van der Waals surface area contributed by atoms with E-state index in [-0.39, 0.29) is 40.9 Å². The highest BCUT2D eigenvalue weighted by Gasteiger charge is 2.58. The Morgan fingerprint density at radius 1 is 1.13 bits per heavy atom. The molecule has 4 atom stereocenters. The number of nitrogens with one attached hydrogen (secondary N) is 2. The van der Waals surface area contributed by atoms with Gasteiger partial charge in [-0.25, -0.2) is 0 Å². The number of hydrogen-bond acceptors (Lipinski definition) is 3. The molecule has 0 spiro atoms. The van der Waals surface area contributed by atoms with Crippen LogP contribution in [0.4, 0.5) is 0 Å². The standard InChI is InChI=1S/C25H34N4O2/c1-16-7-5-8-19(13-16)25(2,3)15-28-24(26-4)27-11-6-12-29-22(30)20-17-9-10-18(14-17)21(20)23(29)31/h5,7-10,13,17-18,20-21H,6,11-12,14-15H2,1-4H3,(H2,26,27,28). The van der Waals surface area contributed by atoms with Crippen molar-refractivity contribution in [1.82, 2.24) is 15.5 Å². The maximum atomic E-state index is 12.8. The van der Waals surface area contributed by atoms with Crippen LogP contribution in [-0.2, 0) is 15.0 Å². The van der Waals surface area contributed by atoms with Gasteiger partial charge >= 0.3 is 0 Å². The van der Waals surface area contributed by atoms with Crippen molar-refractivity contribution < 1.29 is 9.59 Å². The monoisotopic (exact) mass is 422 g/mol. The first-order valence-electron chi connectivity index (χ1n) is 11.4. The van der Waals surface area contributed by atoms with Gasteiger partial charge in [0.1, 0.15) is 0 Å². The van der Waals surface area contributed by atoms with Gasteiger partial charge in [-0.15, -0.1) is 0 Å². The highest BCUT2D eigenvalue weighted by molar-refractivity contribution is 6.06. The molecule has 6 heteroatoms. The summed E-state index contributed by atoms with van der Waals surface area (Å²) in [5, 5.41) is 6.73. The van der Waals surface area contributed by atoms with E-state index in [1.54, 1.807) is 7.05 Å². The number of guanidine groups is 1. The van der Waals surface area contributed by atoms with Gasteiger partial charge < -0.3 is 10.6 Å². The predicted octanol–water partition coefficient (Wildman–Crippen LogP) is 2.63. The van der Waals surface area contributed by atoms with Crippen molar-refractivity contribution in [2.45, 2.75) is 39.0 Å². The molecular formula is C25H34N4O2. The second-order valence-corrected chi connectivity index (χ2v) is 9.79. The number of carbonyl (C=O) groups is 2. The molecule has 1 aromatic carbocycles. The molecule has 0 radical (unpaired) electrons. The number of hydrogen-bond donors (Lipinski definition) is 2. The first kappa shape index (κ1) is 21.6. The van der Waals surface area contributed by atoms with Crippen LogP contribution in [0.1, 0.15) is 37.8 Å². The lowest BCUT2D eigenvalue weighted by Crippen LogP contribution is -2.44. The van der Waals surface area contributed by atoms with E-state index in [1.807, 2.05) is 0 Å². The van der Waals surface area contributed by atoms with Crippen LogP contribution in [-0.4, -0.2) is 49.4 Å². The van der Waals surface area contributed by atoms with Gasteiger partial charge in [-0.3, -0.25) is 19.5 Å². The zero-order chi connectivity index (χ0) is 22.2. The minimum atomic E-state index is -0.103. The van der Waals surface area contributed by atoms with Gasteiger partial charge in [-0.1, -0.05) is 55.8 Å². The molecular weight excluding hydrogens is 388 g/mol. The SMILES string of the molecule is CN=C(NCCCN1C(=O)C2C3C=CC(C3)C2C1=O)NCC(C)(C)c1cccc(C)c1. The number of carbonyl (C=O) groups excluding carboxylic acids is 2. The Balaban J connectivity index is 1.23. The van der Waals surface area contributed by atoms with Crippen LogP contribution in [0, 0.1) is 30.6 Å². The maximum Gasteiger partial charge on any atom is 0.233 e. The quantitative estimate of drug-likeness (QED) is 0.233. The highest BCUT2D eigenvalue weighted by Crippen LogP contribution is 2.52. The molecule has 31 heavy (non-hydrogen) atoms. The Bertz CT molecular complexity index is 890.